The fraction of sp³-hybridized carbons (Fsp3) is 0.500. The van der Waals surface area contributed by atoms with E-state index in [0.717, 1.165) is 31.9 Å². The van der Waals surface area contributed by atoms with Gasteiger partial charge in [-0.1, -0.05) is 13.0 Å². The zero-order chi connectivity index (χ0) is 17.8. The van der Waals surface area contributed by atoms with Crippen LogP contribution in [0.5, 0.6) is 5.88 Å². The van der Waals surface area contributed by atoms with Crippen LogP contribution in [0.25, 0.3) is 0 Å². The molecule has 3 heterocycles. The molecule has 0 spiro atoms. The zero-order valence-corrected chi connectivity index (χ0v) is 14.9. The average Bonchev–Trinajstić information content (AvgIpc) is 2.64. The van der Waals surface area contributed by atoms with Crippen LogP contribution < -0.4 is 9.64 Å². The Morgan fingerprint density at radius 2 is 2.12 bits per heavy atom. The number of pyridine rings is 1. The first-order valence-electron chi connectivity index (χ1n) is 8.60. The summed E-state index contributed by atoms with van der Waals surface area (Å²) in [6.45, 7) is 7.07. The van der Waals surface area contributed by atoms with Crippen molar-refractivity contribution in [1.29, 1.82) is 0 Å². The second-order valence-corrected chi connectivity index (χ2v) is 6.25. The predicted octanol–water partition coefficient (Wildman–Crippen LogP) is 2.29. The van der Waals surface area contributed by atoms with Gasteiger partial charge in [0, 0.05) is 38.3 Å². The monoisotopic (exact) mass is 345 g/mol. The van der Waals surface area contributed by atoms with Gasteiger partial charge in [0.2, 0.25) is 5.88 Å². The van der Waals surface area contributed by atoms with Gasteiger partial charge < -0.3 is 9.64 Å². The molecule has 1 unspecified atom stereocenters. The Kier molecular flexibility index (Phi) is 5.43. The van der Waals surface area contributed by atoms with Gasteiger partial charge in [-0.2, -0.15) is 0 Å². The number of nitrogens with zero attached hydrogens (tertiary/aromatic N) is 5. The number of halogens is 1. The second kappa shape index (κ2) is 7.74. The van der Waals surface area contributed by atoms with Crippen molar-refractivity contribution in [3.8, 4) is 5.88 Å². The summed E-state index contributed by atoms with van der Waals surface area (Å²) in [5.74, 6) is 0.747. The number of hydrogen-bond donors (Lipinski definition) is 0. The van der Waals surface area contributed by atoms with Crippen molar-refractivity contribution in [1.82, 2.24) is 19.9 Å². The van der Waals surface area contributed by atoms with Crippen molar-refractivity contribution in [2.45, 2.75) is 32.9 Å². The summed E-state index contributed by atoms with van der Waals surface area (Å²) < 4.78 is 19.7. The van der Waals surface area contributed by atoms with Crippen LogP contribution in [0.15, 0.2) is 24.5 Å². The third-order valence-electron chi connectivity index (χ3n) is 4.60. The maximum Gasteiger partial charge on any atom is 0.213 e. The molecular weight excluding hydrogens is 321 g/mol. The number of anilines is 1. The Labute approximate surface area is 147 Å². The number of hydrogen-bond acceptors (Lipinski definition) is 6. The lowest BCUT2D eigenvalue weighted by Gasteiger charge is -2.40. The van der Waals surface area contributed by atoms with E-state index in [1.807, 2.05) is 30.0 Å². The fourth-order valence-corrected chi connectivity index (χ4v) is 3.15. The van der Waals surface area contributed by atoms with E-state index in [9.17, 15) is 4.39 Å². The van der Waals surface area contributed by atoms with Crippen molar-refractivity contribution in [2.24, 2.45) is 0 Å². The van der Waals surface area contributed by atoms with Crippen LogP contribution >= 0.6 is 0 Å². The summed E-state index contributed by atoms with van der Waals surface area (Å²) >= 11 is 0. The highest BCUT2D eigenvalue weighted by atomic mass is 19.1. The van der Waals surface area contributed by atoms with Crippen LogP contribution in [0.4, 0.5) is 10.2 Å². The molecule has 0 saturated carbocycles. The summed E-state index contributed by atoms with van der Waals surface area (Å²) in [6.07, 6.45) is 2.02. The van der Waals surface area contributed by atoms with E-state index in [1.54, 1.807) is 7.11 Å². The van der Waals surface area contributed by atoms with Crippen molar-refractivity contribution in [2.75, 3.05) is 31.6 Å². The number of methoxy groups -OCH3 is 1. The maximum absolute atomic E-state index is 14.5. The fourth-order valence-electron chi connectivity index (χ4n) is 3.15. The Balaban J connectivity index is 1.68. The Bertz CT molecular complexity index is 726. The average molecular weight is 345 g/mol. The standard InChI is InChI=1S/C18H24FN5O/c1-4-15-17(19)18(21-12-20-15)24-9-8-23(13(2)10-24)11-14-6-5-7-16(22-14)25-3/h5-7,12-13H,4,8-11H2,1-3H3. The molecule has 0 amide bonds. The van der Waals surface area contributed by atoms with E-state index in [4.69, 9.17) is 4.74 Å². The van der Waals surface area contributed by atoms with Crippen LogP contribution in [0, 0.1) is 5.82 Å². The van der Waals surface area contributed by atoms with Crippen molar-refractivity contribution in [3.05, 3.63) is 41.7 Å². The minimum atomic E-state index is -0.292. The van der Waals surface area contributed by atoms with Gasteiger partial charge in [0.05, 0.1) is 18.5 Å². The molecule has 0 aliphatic carbocycles. The molecule has 0 radical (unpaired) electrons. The van der Waals surface area contributed by atoms with Gasteiger partial charge in [-0.05, 0) is 19.4 Å². The van der Waals surface area contributed by atoms with Gasteiger partial charge >= 0.3 is 0 Å². The lowest BCUT2D eigenvalue weighted by molar-refractivity contribution is 0.177. The molecule has 25 heavy (non-hydrogen) atoms. The first kappa shape index (κ1) is 17.5. The van der Waals surface area contributed by atoms with E-state index in [0.29, 0.717) is 23.8 Å². The summed E-state index contributed by atoms with van der Waals surface area (Å²) in [5.41, 5.74) is 1.45. The molecule has 1 saturated heterocycles. The van der Waals surface area contributed by atoms with Crippen LogP contribution in [-0.4, -0.2) is 52.6 Å². The Morgan fingerprint density at radius 3 is 2.84 bits per heavy atom. The molecule has 2 aromatic heterocycles. The lowest BCUT2D eigenvalue weighted by Crippen LogP contribution is -2.52. The van der Waals surface area contributed by atoms with E-state index in [1.165, 1.54) is 6.33 Å². The Morgan fingerprint density at radius 1 is 1.28 bits per heavy atom. The van der Waals surface area contributed by atoms with Crippen LogP contribution in [-0.2, 0) is 13.0 Å². The molecule has 1 aliphatic heterocycles. The second-order valence-electron chi connectivity index (χ2n) is 6.25. The molecule has 134 valence electrons. The number of rotatable bonds is 5. The molecule has 1 atom stereocenters. The smallest absolute Gasteiger partial charge is 0.213 e. The molecule has 1 fully saturated rings. The SMILES string of the molecule is CCc1ncnc(N2CCN(Cc3cccc(OC)n3)C(C)C2)c1F. The van der Waals surface area contributed by atoms with E-state index in [-0.39, 0.29) is 11.9 Å². The van der Waals surface area contributed by atoms with Gasteiger partial charge in [-0.25, -0.2) is 19.3 Å². The molecule has 2 aromatic rings. The molecule has 6 nitrogen and oxygen atoms in total. The highest BCUT2D eigenvalue weighted by molar-refractivity contribution is 5.42. The number of ether oxygens (including phenoxy) is 1. The van der Waals surface area contributed by atoms with Crippen LogP contribution in [0.1, 0.15) is 25.2 Å². The highest BCUT2D eigenvalue weighted by Gasteiger charge is 2.27. The van der Waals surface area contributed by atoms with E-state index in [2.05, 4.69) is 26.8 Å². The van der Waals surface area contributed by atoms with Gasteiger partial charge in [-0.3, -0.25) is 4.90 Å². The van der Waals surface area contributed by atoms with Gasteiger partial charge in [-0.15, -0.1) is 0 Å². The summed E-state index contributed by atoms with van der Waals surface area (Å²) in [7, 11) is 1.62. The summed E-state index contributed by atoms with van der Waals surface area (Å²) in [4.78, 5) is 17.0. The van der Waals surface area contributed by atoms with Crippen molar-refractivity contribution < 1.29 is 9.13 Å². The van der Waals surface area contributed by atoms with Gasteiger partial charge in [0.15, 0.2) is 11.6 Å². The number of piperazine rings is 1. The number of aryl methyl sites for hydroxylation is 1. The van der Waals surface area contributed by atoms with Crippen LogP contribution in [0.3, 0.4) is 0 Å². The van der Waals surface area contributed by atoms with Crippen molar-refractivity contribution in [3.63, 3.8) is 0 Å². The number of aromatic nitrogens is 3. The lowest BCUT2D eigenvalue weighted by atomic mass is 10.1. The van der Waals surface area contributed by atoms with Gasteiger partial charge in [0.25, 0.3) is 0 Å². The molecule has 0 aromatic carbocycles. The largest absolute Gasteiger partial charge is 0.481 e. The molecule has 1 aliphatic rings. The normalized spacial score (nSPS) is 18.4. The van der Waals surface area contributed by atoms with Gasteiger partial charge in [0.1, 0.15) is 6.33 Å². The van der Waals surface area contributed by atoms with E-state index < -0.39 is 0 Å². The highest BCUT2D eigenvalue weighted by Crippen LogP contribution is 2.22. The molecule has 3 rings (SSSR count). The Hall–Kier alpha value is -2.28. The quantitative estimate of drug-likeness (QED) is 0.829. The first-order valence-corrected chi connectivity index (χ1v) is 8.60. The van der Waals surface area contributed by atoms with Crippen LogP contribution in [0.2, 0.25) is 0 Å². The minimum absolute atomic E-state index is 0.265. The predicted molar refractivity (Wildman–Crippen MR) is 94.2 cm³/mol. The zero-order valence-electron chi connectivity index (χ0n) is 14.9. The topological polar surface area (TPSA) is 54.4 Å². The minimum Gasteiger partial charge on any atom is -0.481 e. The molecule has 0 N–H and O–H groups in total. The van der Waals surface area contributed by atoms with E-state index >= 15 is 0 Å². The summed E-state index contributed by atoms with van der Waals surface area (Å²) in [6, 6.07) is 6.05. The van der Waals surface area contributed by atoms with Crippen molar-refractivity contribution >= 4 is 5.82 Å². The third-order valence-corrected chi connectivity index (χ3v) is 4.60. The molecular formula is C18H24FN5O. The third kappa shape index (κ3) is 3.87. The summed E-state index contributed by atoms with van der Waals surface area (Å²) in [5, 5.41) is 0. The first-order chi connectivity index (χ1) is 12.1. The maximum atomic E-state index is 14.5. The molecule has 0 bridgehead atoms. The molecule has 7 heteroatoms.